The Balaban J connectivity index is 1.37. The van der Waals surface area contributed by atoms with Crippen LogP contribution in [-0.4, -0.2) is 57.3 Å². The maximum absolute atomic E-state index is 13.2. The van der Waals surface area contributed by atoms with Gasteiger partial charge in [0.1, 0.15) is 11.5 Å². The van der Waals surface area contributed by atoms with E-state index in [9.17, 15) is 9.18 Å². The van der Waals surface area contributed by atoms with Crippen LogP contribution in [0.5, 0.6) is 0 Å². The Hall–Kier alpha value is -2.73. The van der Waals surface area contributed by atoms with Crippen LogP contribution in [0.25, 0.3) is 16.9 Å². The fraction of sp³-hybridized carbons (Fsp3) is 0.391. The summed E-state index contributed by atoms with van der Waals surface area (Å²) in [5.41, 5.74) is 2.83. The zero-order valence-corrected chi connectivity index (χ0v) is 16.4. The molecule has 5 nitrogen and oxygen atoms in total. The second-order valence-corrected chi connectivity index (χ2v) is 8.05. The predicted octanol–water partition coefficient (Wildman–Crippen LogP) is 3.84. The van der Waals surface area contributed by atoms with Crippen LogP contribution in [0.15, 0.2) is 48.8 Å². The van der Waals surface area contributed by atoms with E-state index in [4.69, 9.17) is 0 Å². The SMILES string of the molecule is O=C(c1cccn2cc(-c3ccc(F)cc3)nc12)N1CCN(C2CCCC2)CC1. The van der Waals surface area contributed by atoms with Crippen LogP contribution in [0.4, 0.5) is 4.39 Å². The first-order chi connectivity index (χ1) is 14.2. The molecule has 0 N–H and O–H groups in total. The quantitative estimate of drug-likeness (QED) is 0.680. The molecule has 1 saturated carbocycles. The number of rotatable bonds is 3. The van der Waals surface area contributed by atoms with E-state index < -0.39 is 0 Å². The fourth-order valence-electron chi connectivity index (χ4n) is 4.67. The molecule has 1 amide bonds. The highest BCUT2D eigenvalue weighted by atomic mass is 19.1. The molecule has 0 radical (unpaired) electrons. The molecular weight excluding hydrogens is 367 g/mol. The number of benzene rings is 1. The van der Waals surface area contributed by atoms with E-state index in [0.717, 1.165) is 37.4 Å². The Morgan fingerprint density at radius 3 is 2.45 bits per heavy atom. The van der Waals surface area contributed by atoms with Gasteiger partial charge in [0.2, 0.25) is 0 Å². The second kappa shape index (κ2) is 7.59. The smallest absolute Gasteiger partial charge is 0.257 e. The number of pyridine rings is 1. The highest BCUT2D eigenvalue weighted by Gasteiger charge is 2.29. The van der Waals surface area contributed by atoms with Gasteiger partial charge in [0.05, 0.1) is 11.3 Å². The van der Waals surface area contributed by atoms with E-state index in [1.165, 1.54) is 37.8 Å². The lowest BCUT2D eigenvalue weighted by Crippen LogP contribution is -2.51. The van der Waals surface area contributed by atoms with E-state index in [-0.39, 0.29) is 11.7 Å². The third kappa shape index (κ3) is 3.53. The number of hydrogen-bond acceptors (Lipinski definition) is 3. The summed E-state index contributed by atoms with van der Waals surface area (Å²) >= 11 is 0. The second-order valence-electron chi connectivity index (χ2n) is 8.05. The minimum atomic E-state index is -0.273. The molecule has 2 aliphatic rings. The van der Waals surface area contributed by atoms with Crippen molar-refractivity contribution >= 4 is 11.6 Å². The van der Waals surface area contributed by atoms with Gasteiger partial charge >= 0.3 is 0 Å². The molecule has 150 valence electrons. The molecule has 3 heterocycles. The molecule has 0 atom stereocenters. The zero-order chi connectivity index (χ0) is 19.8. The fourth-order valence-corrected chi connectivity index (χ4v) is 4.67. The summed E-state index contributed by atoms with van der Waals surface area (Å²) in [6.07, 6.45) is 9.05. The maximum atomic E-state index is 13.2. The minimum absolute atomic E-state index is 0.0397. The Kier molecular flexibility index (Phi) is 4.79. The predicted molar refractivity (Wildman–Crippen MR) is 110 cm³/mol. The summed E-state index contributed by atoms with van der Waals surface area (Å²) in [5.74, 6) is -0.233. The number of aromatic nitrogens is 2. The van der Waals surface area contributed by atoms with Gasteiger partial charge in [-0.05, 0) is 49.2 Å². The number of carbonyl (C=O) groups is 1. The van der Waals surface area contributed by atoms with Crippen LogP contribution < -0.4 is 0 Å². The standard InChI is InChI=1S/C23H25FN4O/c24-18-9-7-17(8-10-18)21-16-28-11-3-6-20(22(28)25-21)23(29)27-14-12-26(13-15-27)19-4-1-2-5-19/h3,6-11,16,19H,1-2,4-5,12-15H2. The molecule has 1 aromatic carbocycles. The van der Waals surface area contributed by atoms with Gasteiger partial charge in [0.15, 0.2) is 0 Å². The summed E-state index contributed by atoms with van der Waals surface area (Å²) < 4.78 is 15.1. The van der Waals surface area contributed by atoms with Gasteiger partial charge in [-0.1, -0.05) is 12.8 Å². The lowest BCUT2D eigenvalue weighted by molar-refractivity contribution is 0.0574. The molecule has 6 heteroatoms. The van der Waals surface area contributed by atoms with E-state index in [0.29, 0.717) is 17.3 Å². The van der Waals surface area contributed by atoms with Crippen LogP contribution in [0.2, 0.25) is 0 Å². The van der Waals surface area contributed by atoms with E-state index >= 15 is 0 Å². The van der Waals surface area contributed by atoms with Crippen molar-refractivity contribution in [2.24, 2.45) is 0 Å². The zero-order valence-electron chi connectivity index (χ0n) is 16.4. The van der Waals surface area contributed by atoms with Crippen molar-refractivity contribution in [2.75, 3.05) is 26.2 Å². The largest absolute Gasteiger partial charge is 0.336 e. The number of imidazole rings is 1. The van der Waals surface area contributed by atoms with Crippen molar-refractivity contribution in [1.29, 1.82) is 0 Å². The molecule has 29 heavy (non-hydrogen) atoms. The topological polar surface area (TPSA) is 40.9 Å². The molecule has 0 bridgehead atoms. The first-order valence-electron chi connectivity index (χ1n) is 10.5. The number of halogens is 1. The monoisotopic (exact) mass is 392 g/mol. The van der Waals surface area contributed by atoms with Gasteiger partial charge < -0.3 is 9.30 Å². The van der Waals surface area contributed by atoms with Crippen LogP contribution in [0, 0.1) is 5.82 Å². The maximum Gasteiger partial charge on any atom is 0.257 e. The van der Waals surface area contributed by atoms with Gasteiger partial charge in [-0.3, -0.25) is 9.69 Å². The van der Waals surface area contributed by atoms with E-state index in [2.05, 4.69) is 9.88 Å². The van der Waals surface area contributed by atoms with Gasteiger partial charge in [0, 0.05) is 50.2 Å². The summed E-state index contributed by atoms with van der Waals surface area (Å²) in [5, 5.41) is 0. The number of carbonyl (C=O) groups excluding carboxylic acids is 1. The number of nitrogens with zero attached hydrogens (tertiary/aromatic N) is 4. The summed E-state index contributed by atoms with van der Waals surface area (Å²) in [7, 11) is 0. The number of fused-ring (bicyclic) bond motifs is 1. The Bertz CT molecular complexity index is 1020. The first kappa shape index (κ1) is 18.3. The number of amides is 1. The Morgan fingerprint density at radius 2 is 1.72 bits per heavy atom. The molecule has 0 unspecified atom stereocenters. The highest BCUT2D eigenvalue weighted by Crippen LogP contribution is 2.25. The van der Waals surface area contributed by atoms with Crippen LogP contribution in [0.3, 0.4) is 0 Å². The van der Waals surface area contributed by atoms with Crippen molar-refractivity contribution in [3.63, 3.8) is 0 Å². The Labute approximate surface area is 169 Å². The average Bonchev–Trinajstić information content (AvgIpc) is 3.44. The summed E-state index contributed by atoms with van der Waals surface area (Å²) in [4.78, 5) is 22.4. The van der Waals surface area contributed by atoms with Crippen molar-refractivity contribution in [3.05, 3.63) is 60.2 Å². The molecule has 0 spiro atoms. The molecule has 1 saturated heterocycles. The van der Waals surface area contributed by atoms with Crippen molar-refractivity contribution < 1.29 is 9.18 Å². The third-order valence-corrected chi connectivity index (χ3v) is 6.30. The van der Waals surface area contributed by atoms with Crippen molar-refractivity contribution in [2.45, 2.75) is 31.7 Å². The van der Waals surface area contributed by atoms with Crippen LogP contribution in [-0.2, 0) is 0 Å². The van der Waals surface area contributed by atoms with E-state index in [1.54, 1.807) is 12.1 Å². The van der Waals surface area contributed by atoms with E-state index in [1.807, 2.05) is 33.8 Å². The normalized spacial score (nSPS) is 18.6. The Morgan fingerprint density at radius 1 is 1.00 bits per heavy atom. The average molecular weight is 392 g/mol. The number of hydrogen-bond donors (Lipinski definition) is 0. The molecule has 1 aliphatic carbocycles. The summed E-state index contributed by atoms with van der Waals surface area (Å²) in [6.45, 7) is 3.44. The highest BCUT2D eigenvalue weighted by molar-refractivity contribution is 6.00. The van der Waals surface area contributed by atoms with Crippen LogP contribution in [0.1, 0.15) is 36.0 Å². The third-order valence-electron chi connectivity index (χ3n) is 6.30. The molecule has 1 aliphatic heterocycles. The van der Waals surface area contributed by atoms with Gasteiger partial charge in [-0.15, -0.1) is 0 Å². The van der Waals surface area contributed by atoms with Crippen LogP contribution >= 0.6 is 0 Å². The van der Waals surface area contributed by atoms with Gasteiger partial charge in [-0.25, -0.2) is 9.37 Å². The van der Waals surface area contributed by atoms with Gasteiger partial charge in [-0.2, -0.15) is 0 Å². The first-order valence-corrected chi connectivity index (χ1v) is 10.5. The van der Waals surface area contributed by atoms with Gasteiger partial charge in [0.25, 0.3) is 5.91 Å². The molecule has 5 rings (SSSR count). The molecular formula is C23H25FN4O. The molecule has 2 aromatic heterocycles. The molecule has 2 fully saturated rings. The molecule has 3 aromatic rings. The minimum Gasteiger partial charge on any atom is -0.336 e. The number of piperazine rings is 1. The lowest BCUT2D eigenvalue weighted by Gasteiger charge is -2.38. The summed E-state index contributed by atoms with van der Waals surface area (Å²) in [6, 6.07) is 10.7. The lowest BCUT2D eigenvalue weighted by atomic mass is 10.1. The van der Waals surface area contributed by atoms with Crippen molar-refractivity contribution in [1.82, 2.24) is 19.2 Å². The van der Waals surface area contributed by atoms with Crippen molar-refractivity contribution in [3.8, 4) is 11.3 Å².